The summed E-state index contributed by atoms with van der Waals surface area (Å²) in [4.78, 5) is 23.2. The maximum absolute atomic E-state index is 12.6. The molecule has 0 radical (unpaired) electrons. The molecule has 1 fully saturated rings. The number of aromatic nitrogens is 2. The summed E-state index contributed by atoms with van der Waals surface area (Å²) in [5.74, 6) is 1.08. The Bertz CT molecular complexity index is 686. The molecule has 1 unspecified atom stereocenters. The molecule has 1 aliphatic heterocycles. The van der Waals surface area contributed by atoms with Crippen molar-refractivity contribution in [3.8, 4) is 0 Å². The second-order valence-corrected chi connectivity index (χ2v) is 6.93. The number of benzene rings is 1. The highest BCUT2D eigenvalue weighted by Gasteiger charge is 2.26. The van der Waals surface area contributed by atoms with Gasteiger partial charge in [-0.15, -0.1) is 0 Å². The number of nitrogens with one attached hydrogen (secondary N) is 1. The monoisotopic (exact) mass is 388 g/mol. The van der Waals surface area contributed by atoms with E-state index >= 15 is 0 Å². The smallest absolute Gasteiger partial charge is 0.223 e. The number of rotatable bonds is 4. The van der Waals surface area contributed by atoms with Gasteiger partial charge in [0.1, 0.15) is 5.82 Å². The first-order valence-electron chi connectivity index (χ1n) is 8.21. The van der Waals surface area contributed by atoms with Crippen LogP contribution < -0.4 is 10.2 Å². The quantitative estimate of drug-likeness (QED) is 0.872. The fourth-order valence-electron chi connectivity index (χ4n) is 3.06. The Morgan fingerprint density at radius 2 is 2.04 bits per heavy atom. The van der Waals surface area contributed by atoms with Gasteiger partial charge in [0.2, 0.25) is 5.91 Å². The number of hydrogen-bond donors (Lipinski definition) is 1. The molecular formula is C18H21BrN4O. The highest BCUT2D eigenvalue weighted by atomic mass is 79.9. The van der Waals surface area contributed by atoms with Crippen molar-refractivity contribution in [2.45, 2.75) is 25.8 Å². The summed E-state index contributed by atoms with van der Waals surface area (Å²) in [5.41, 5.74) is 1.10. The molecule has 0 aliphatic carbocycles. The van der Waals surface area contributed by atoms with Crippen LogP contribution in [0.3, 0.4) is 0 Å². The molecule has 5 nitrogen and oxygen atoms in total. The highest BCUT2D eigenvalue weighted by molar-refractivity contribution is 9.10. The van der Waals surface area contributed by atoms with E-state index in [2.05, 4.69) is 36.1 Å². The van der Waals surface area contributed by atoms with Crippen LogP contribution in [0.1, 0.15) is 31.4 Å². The van der Waals surface area contributed by atoms with Crippen LogP contribution in [0.2, 0.25) is 0 Å². The molecule has 6 heteroatoms. The van der Waals surface area contributed by atoms with Crippen LogP contribution in [0.15, 0.2) is 47.3 Å². The summed E-state index contributed by atoms with van der Waals surface area (Å²) in [6.07, 6.45) is 6.83. The lowest BCUT2D eigenvalue weighted by molar-refractivity contribution is -0.126. The standard InChI is InChI=1S/C18H21BrN4O/c1-13(15-4-2-3-5-16(15)19)22-18(24)14-6-10-23(11-7-14)17-12-20-8-9-21-17/h2-5,8-9,12-14H,6-7,10-11H2,1H3,(H,22,24). The molecule has 126 valence electrons. The Hall–Kier alpha value is -1.95. The third-order valence-corrected chi connectivity index (χ3v) is 5.19. The normalized spacial score (nSPS) is 16.7. The first kappa shape index (κ1) is 16.9. The van der Waals surface area contributed by atoms with Gasteiger partial charge in [-0.2, -0.15) is 0 Å². The molecule has 1 atom stereocenters. The van der Waals surface area contributed by atoms with E-state index in [1.165, 1.54) is 0 Å². The largest absolute Gasteiger partial charge is 0.355 e. The summed E-state index contributed by atoms with van der Waals surface area (Å²) in [5, 5.41) is 3.15. The van der Waals surface area contributed by atoms with Gasteiger partial charge in [0.15, 0.2) is 0 Å². The highest BCUT2D eigenvalue weighted by Crippen LogP contribution is 2.25. The van der Waals surface area contributed by atoms with E-state index in [0.29, 0.717) is 0 Å². The third kappa shape index (κ3) is 3.93. The molecule has 1 saturated heterocycles. The number of hydrogen-bond acceptors (Lipinski definition) is 4. The molecule has 3 rings (SSSR count). The summed E-state index contributed by atoms with van der Waals surface area (Å²) in [6, 6.07) is 7.99. The lowest BCUT2D eigenvalue weighted by Gasteiger charge is -2.32. The van der Waals surface area contributed by atoms with E-state index in [9.17, 15) is 4.79 Å². The molecule has 0 spiro atoms. The zero-order chi connectivity index (χ0) is 16.9. The van der Waals surface area contributed by atoms with Gasteiger partial charge in [-0.05, 0) is 31.4 Å². The topological polar surface area (TPSA) is 58.1 Å². The van der Waals surface area contributed by atoms with Gasteiger partial charge >= 0.3 is 0 Å². The molecule has 1 aliphatic rings. The summed E-state index contributed by atoms with van der Waals surface area (Å²) in [6.45, 7) is 3.69. The molecule has 1 N–H and O–H groups in total. The van der Waals surface area contributed by atoms with Crippen LogP contribution in [-0.2, 0) is 4.79 Å². The minimum absolute atomic E-state index is 0.00825. The average molecular weight is 389 g/mol. The van der Waals surface area contributed by atoms with E-state index in [1.807, 2.05) is 31.2 Å². The van der Waals surface area contributed by atoms with Crippen LogP contribution in [0, 0.1) is 5.92 Å². The zero-order valence-electron chi connectivity index (χ0n) is 13.7. The van der Waals surface area contributed by atoms with Gasteiger partial charge in [0.25, 0.3) is 0 Å². The van der Waals surface area contributed by atoms with Crippen molar-refractivity contribution in [3.05, 3.63) is 52.9 Å². The predicted octanol–water partition coefficient (Wildman–Crippen LogP) is 3.33. The number of amides is 1. The van der Waals surface area contributed by atoms with Crippen LogP contribution in [0.25, 0.3) is 0 Å². The molecule has 0 saturated carbocycles. The molecule has 0 bridgehead atoms. The first-order chi connectivity index (χ1) is 11.6. The molecule has 2 aromatic rings. The van der Waals surface area contributed by atoms with Crippen LogP contribution in [0.4, 0.5) is 5.82 Å². The van der Waals surface area contributed by atoms with Gasteiger partial charge in [0.05, 0.1) is 12.2 Å². The minimum atomic E-state index is -0.00825. The lowest BCUT2D eigenvalue weighted by Crippen LogP contribution is -2.41. The number of carbonyl (C=O) groups is 1. The van der Waals surface area contributed by atoms with Crippen molar-refractivity contribution in [1.82, 2.24) is 15.3 Å². The Morgan fingerprint density at radius 1 is 1.29 bits per heavy atom. The number of carbonyl (C=O) groups excluding carboxylic acids is 1. The van der Waals surface area contributed by atoms with Crippen molar-refractivity contribution in [2.75, 3.05) is 18.0 Å². The Morgan fingerprint density at radius 3 is 2.71 bits per heavy atom. The fourth-order valence-corrected chi connectivity index (χ4v) is 3.69. The number of nitrogens with zero attached hydrogens (tertiary/aromatic N) is 3. The second-order valence-electron chi connectivity index (χ2n) is 6.08. The zero-order valence-corrected chi connectivity index (χ0v) is 15.2. The maximum atomic E-state index is 12.6. The third-order valence-electron chi connectivity index (χ3n) is 4.47. The van der Waals surface area contributed by atoms with E-state index in [0.717, 1.165) is 41.8 Å². The molecule has 1 aromatic heterocycles. The van der Waals surface area contributed by atoms with E-state index in [4.69, 9.17) is 0 Å². The number of anilines is 1. The van der Waals surface area contributed by atoms with Crippen LogP contribution in [0.5, 0.6) is 0 Å². The average Bonchev–Trinajstić information content (AvgIpc) is 2.63. The van der Waals surface area contributed by atoms with Crippen molar-refractivity contribution in [1.29, 1.82) is 0 Å². The number of halogens is 1. The number of piperidine rings is 1. The van der Waals surface area contributed by atoms with Crippen LogP contribution >= 0.6 is 15.9 Å². The predicted molar refractivity (Wildman–Crippen MR) is 97.7 cm³/mol. The van der Waals surface area contributed by atoms with Gasteiger partial charge < -0.3 is 10.2 Å². The molecule has 2 heterocycles. The van der Waals surface area contributed by atoms with Crippen LogP contribution in [-0.4, -0.2) is 29.0 Å². The Kier molecular flexibility index (Phi) is 5.45. The van der Waals surface area contributed by atoms with Crippen molar-refractivity contribution in [2.24, 2.45) is 5.92 Å². The molecule has 1 aromatic carbocycles. The summed E-state index contributed by atoms with van der Waals surface area (Å²) < 4.78 is 1.02. The molecular weight excluding hydrogens is 368 g/mol. The second kappa shape index (κ2) is 7.75. The Balaban J connectivity index is 1.55. The molecule has 24 heavy (non-hydrogen) atoms. The van der Waals surface area contributed by atoms with E-state index < -0.39 is 0 Å². The van der Waals surface area contributed by atoms with Gasteiger partial charge in [0, 0.05) is 35.9 Å². The van der Waals surface area contributed by atoms with Crippen molar-refractivity contribution < 1.29 is 4.79 Å². The summed E-state index contributed by atoms with van der Waals surface area (Å²) in [7, 11) is 0. The SMILES string of the molecule is CC(NC(=O)C1CCN(c2cnccn2)CC1)c1ccccc1Br. The van der Waals surface area contributed by atoms with E-state index in [1.54, 1.807) is 18.6 Å². The molecule has 1 amide bonds. The maximum Gasteiger partial charge on any atom is 0.223 e. The van der Waals surface area contributed by atoms with Gasteiger partial charge in [-0.3, -0.25) is 9.78 Å². The van der Waals surface area contributed by atoms with Gasteiger partial charge in [-0.1, -0.05) is 34.1 Å². The van der Waals surface area contributed by atoms with Crippen molar-refractivity contribution >= 4 is 27.7 Å². The fraction of sp³-hybridized carbons (Fsp3) is 0.389. The Labute approximate surface area is 150 Å². The summed E-state index contributed by atoms with van der Waals surface area (Å²) >= 11 is 3.55. The van der Waals surface area contributed by atoms with Crippen molar-refractivity contribution in [3.63, 3.8) is 0 Å². The van der Waals surface area contributed by atoms with Gasteiger partial charge in [-0.25, -0.2) is 4.98 Å². The van der Waals surface area contributed by atoms with E-state index in [-0.39, 0.29) is 17.9 Å². The first-order valence-corrected chi connectivity index (χ1v) is 9.00. The minimum Gasteiger partial charge on any atom is -0.355 e. The lowest BCUT2D eigenvalue weighted by atomic mass is 9.95.